The fraction of sp³-hybridized carbons (Fsp3) is 0.440. The Morgan fingerprint density at radius 3 is 1.81 bits per heavy atom. The number of Topliss-reactive ketones (excluding diaryl/α,β-unsaturated/α-hetero) is 1. The van der Waals surface area contributed by atoms with Crippen molar-refractivity contribution in [1.82, 2.24) is 0 Å². The molecule has 0 N–H and O–H groups in total. The van der Waals surface area contributed by atoms with Crippen LogP contribution in [0.4, 0.5) is 0 Å². The average molecular weight is 441 g/mol. The lowest BCUT2D eigenvalue weighted by Gasteiger charge is -2.28. The minimum absolute atomic E-state index is 0.146. The number of ketones is 1. The minimum Gasteiger partial charge on any atom is -0.496 e. The third kappa shape index (κ3) is 4.04. The highest BCUT2D eigenvalue weighted by molar-refractivity contribution is 7.67. The van der Waals surface area contributed by atoms with Gasteiger partial charge in [-0.15, -0.1) is 0 Å². The molecule has 1 atom stereocenters. The van der Waals surface area contributed by atoms with E-state index in [4.69, 9.17) is 9.47 Å². The monoisotopic (exact) mass is 441 g/mol. The molecule has 0 bridgehead atoms. The van der Waals surface area contributed by atoms with E-state index in [-0.39, 0.29) is 11.3 Å². The van der Waals surface area contributed by atoms with Crippen LogP contribution in [0.15, 0.2) is 36.4 Å². The minimum atomic E-state index is -2.54. The smallest absolute Gasteiger partial charge is 0.250 e. The topological polar surface area (TPSA) is 69.7 Å². The van der Waals surface area contributed by atoms with Crippen molar-refractivity contribution in [3.63, 3.8) is 0 Å². The van der Waals surface area contributed by atoms with Gasteiger partial charge < -0.3 is 9.47 Å². The molecule has 0 aromatic heterocycles. The number of carbonyl (C=O) groups excluding carboxylic acids is 2. The number of carbonyl (C=O) groups is 2. The summed E-state index contributed by atoms with van der Waals surface area (Å²) in [5, 5.41) is -1.19. The van der Waals surface area contributed by atoms with E-state index >= 15 is 0 Å². The number of methoxy groups -OCH3 is 2. The second-order valence-corrected chi connectivity index (χ2v) is 9.71. The molecular weight excluding hydrogens is 411 g/mol. The van der Waals surface area contributed by atoms with E-state index < -0.39 is 18.5 Å². The third-order valence-corrected chi connectivity index (χ3v) is 8.31. The van der Waals surface area contributed by atoms with E-state index in [1.807, 2.05) is 32.0 Å². The van der Waals surface area contributed by atoms with Gasteiger partial charge in [0.05, 0.1) is 14.2 Å². The van der Waals surface area contributed by atoms with Crippen LogP contribution in [0.1, 0.15) is 71.4 Å². The SMILES string of the molecule is CCc1cccc(CC)c1C(=O)C1([P](=O)C(=O)c2c(OC)cccc2OC)CCCC1. The number of rotatable bonds is 9. The highest BCUT2D eigenvalue weighted by atomic mass is 31.1. The summed E-state index contributed by atoms with van der Waals surface area (Å²) in [6.07, 6.45) is 3.86. The summed E-state index contributed by atoms with van der Waals surface area (Å²) in [6, 6.07) is 10.9. The fourth-order valence-electron chi connectivity index (χ4n) is 4.61. The number of aryl methyl sites for hydroxylation is 2. The fourth-order valence-corrected chi connectivity index (χ4v) is 6.44. The first-order valence-electron chi connectivity index (χ1n) is 10.8. The van der Waals surface area contributed by atoms with Crippen LogP contribution in [0.2, 0.25) is 0 Å². The van der Waals surface area contributed by atoms with E-state index in [9.17, 15) is 14.2 Å². The zero-order valence-electron chi connectivity index (χ0n) is 18.7. The van der Waals surface area contributed by atoms with Crippen molar-refractivity contribution >= 4 is 19.1 Å². The normalized spacial score (nSPS) is 15.4. The van der Waals surface area contributed by atoms with Gasteiger partial charge in [0, 0.05) is 5.56 Å². The molecular formula is C25H30O5P. The summed E-state index contributed by atoms with van der Waals surface area (Å²) in [6.45, 7) is 4.02. The van der Waals surface area contributed by atoms with Crippen LogP contribution >= 0.6 is 7.80 Å². The van der Waals surface area contributed by atoms with Gasteiger partial charge >= 0.3 is 0 Å². The average Bonchev–Trinajstić information content (AvgIpc) is 3.32. The van der Waals surface area contributed by atoms with Crippen LogP contribution in [0.5, 0.6) is 11.5 Å². The van der Waals surface area contributed by atoms with Gasteiger partial charge in [0.2, 0.25) is 5.52 Å². The molecule has 5 nitrogen and oxygen atoms in total. The first-order valence-corrected chi connectivity index (χ1v) is 12.1. The zero-order chi connectivity index (χ0) is 22.6. The molecule has 0 amide bonds. The Bertz CT molecular complexity index is 960. The van der Waals surface area contributed by atoms with Crippen molar-refractivity contribution in [2.75, 3.05) is 14.2 Å². The van der Waals surface area contributed by atoms with E-state index in [2.05, 4.69) is 0 Å². The lowest BCUT2D eigenvalue weighted by molar-refractivity contribution is 0.0929. The van der Waals surface area contributed by atoms with Gasteiger partial charge in [-0.05, 0) is 48.9 Å². The largest absolute Gasteiger partial charge is 0.496 e. The summed E-state index contributed by atoms with van der Waals surface area (Å²) < 4.78 is 24.6. The van der Waals surface area contributed by atoms with Crippen LogP contribution in [-0.2, 0) is 17.4 Å². The molecule has 1 fully saturated rings. The van der Waals surface area contributed by atoms with E-state index in [0.717, 1.165) is 24.0 Å². The van der Waals surface area contributed by atoms with Crippen molar-refractivity contribution in [1.29, 1.82) is 0 Å². The first kappa shape index (κ1) is 23.1. The molecule has 1 saturated carbocycles. The second-order valence-electron chi connectivity index (χ2n) is 7.86. The van der Waals surface area contributed by atoms with Crippen LogP contribution < -0.4 is 9.47 Å². The van der Waals surface area contributed by atoms with E-state index in [0.29, 0.717) is 42.7 Å². The van der Waals surface area contributed by atoms with Gasteiger partial charge in [-0.1, -0.05) is 51.0 Å². The summed E-state index contributed by atoms with van der Waals surface area (Å²) in [4.78, 5) is 27.6. The molecule has 0 saturated heterocycles. The highest BCUT2D eigenvalue weighted by Gasteiger charge is 2.51. The van der Waals surface area contributed by atoms with Crippen molar-refractivity contribution in [2.45, 2.75) is 57.5 Å². The molecule has 165 valence electrons. The molecule has 31 heavy (non-hydrogen) atoms. The van der Waals surface area contributed by atoms with Gasteiger partial charge in [0.15, 0.2) is 13.6 Å². The highest BCUT2D eigenvalue weighted by Crippen LogP contribution is 2.55. The van der Waals surface area contributed by atoms with Gasteiger partial charge in [-0.3, -0.25) is 14.2 Å². The third-order valence-electron chi connectivity index (χ3n) is 6.29. The Labute approximate surface area is 184 Å². The predicted molar refractivity (Wildman–Crippen MR) is 122 cm³/mol. The van der Waals surface area contributed by atoms with Gasteiger partial charge in [-0.2, -0.15) is 0 Å². The molecule has 3 rings (SSSR count). The summed E-state index contributed by atoms with van der Waals surface area (Å²) >= 11 is 0. The Morgan fingerprint density at radius 1 is 0.871 bits per heavy atom. The molecule has 2 aromatic rings. The van der Waals surface area contributed by atoms with Crippen molar-refractivity contribution < 1.29 is 23.6 Å². The molecule has 1 aliphatic carbocycles. The van der Waals surface area contributed by atoms with Gasteiger partial charge in [-0.25, -0.2) is 0 Å². The van der Waals surface area contributed by atoms with E-state index in [1.165, 1.54) is 14.2 Å². The van der Waals surface area contributed by atoms with Crippen molar-refractivity contribution in [2.24, 2.45) is 0 Å². The van der Waals surface area contributed by atoms with Crippen LogP contribution in [-0.4, -0.2) is 30.7 Å². The maximum atomic E-state index is 14.0. The molecule has 0 aliphatic heterocycles. The molecule has 1 unspecified atom stereocenters. The number of benzene rings is 2. The Hall–Kier alpha value is -2.52. The van der Waals surface area contributed by atoms with Crippen molar-refractivity contribution in [3.8, 4) is 11.5 Å². The van der Waals surface area contributed by atoms with Gasteiger partial charge in [0.1, 0.15) is 22.2 Å². The molecule has 1 aliphatic rings. The number of ether oxygens (including phenoxy) is 2. The van der Waals surface area contributed by atoms with Crippen LogP contribution in [0.3, 0.4) is 0 Å². The van der Waals surface area contributed by atoms with Crippen LogP contribution in [0, 0.1) is 0 Å². The maximum Gasteiger partial charge on any atom is 0.250 e. The second kappa shape index (κ2) is 9.74. The predicted octanol–water partition coefficient (Wildman–Crippen LogP) is 5.99. The summed E-state index contributed by atoms with van der Waals surface area (Å²) in [5.74, 6) is 0.454. The Kier molecular flexibility index (Phi) is 7.27. The summed E-state index contributed by atoms with van der Waals surface area (Å²) in [5.41, 5.74) is 2.11. The summed E-state index contributed by atoms with van der Waals surface area (Å²) in [7, 11) is 0.373. The first-order chi connectivity index (χ1) is 14.9. The quantitative estimate of drug-likeness (QED) is 0.353. The molecule has 6 heteroatoms. The molecule has 0 spiro atoms. The van der Waals surface area contributed by atoms with E-state index in [1.54, 1.807) is 18.2 Å². The number of hydrogen-bond acceptors (Lipinski definition) is 5. The molecule has 0 heterocycles. The van der Waals surface area contributed by atoms with Crippen molar-refractivity contribution in [3.05, 3.63) is 58.7 Å². The number of hydrogen-bond donors (Lipinski definition) is 0. The molecule has 2 aromatic carbocycles. The lowest BCUT2D eigenvalue weighted by atomic mass is 9.87. The maximum absolute atomic E-state index is 14.0. The Morgan fingerprint density at radius 2 is 1.35 bits per heavy atom. The standard InChI is InChI=1S/C25H30O5P/c1-5-17-11-9-12-18(6-2)21(17)23(26)25(15-7-8-16-25)31(28)24(27)22-19(29-3)13-10-14-20(22)30-4/h9-14H,5-8,15-16H2,1-4H3. The van der Waals surface area contributed by atoms with Gasteiger partial charge in [0.25, 0.3) is 0 Å². The Balaban J connectivity index is 2.13. The van der Waals surface area contributed by atoms with Crippen LogP contribution in [0.25, 0.3) is 0 Å². The molecule has 1 radical (unpaired) electrons. The zero-order valence-corrected chi connectivity index (χ0v) is 19.6. The lowest BCUT2D eigenvalue weighted by Crippen LogP contribution is -2.35.